The number of nitrogens with two attached hydrogens (primary N) is 1. The Morgan fingerprint density at radius 3 is 2.38 bits per heavy atom. The van der Waals surface area contributed by atoms with Crippen molar-refractivity contribution in [2.75, 3.05) is 7.05 Å². The van der Waals surface area contributed by atoms with Crippen molar-refractivity contribution in [3.8, 4) is 0 Å². The molecule has 0 saturated carbocycles. The van der Waals surface area contributed by atoms with Crippen LogP contribution in [0.1, 0.15) is 5.56 Å². The number of hydrogen-bond acceptors (Lipinski definition) is 4. The first kappa shape index (κ1) is 9.11. The maximum Gasteiger partial charge on any atom is 0.193 e. The zero-order valence-corrected chi connectivity index (χ0v) is 7.15. The van der Waals surface area contributed by atoms with Gasteiger partial charge in [0.1, 0.15) is 12.2 Å². The van der Waals surface area contributed by atoms with Crippen LogP contribution in [0, 0.1) is 10.8 Å². The fourth-order valence-corrected chi connectivity index (χ4v) is 0.735. The van der Waals surface area contributed by atoms with Crippen LogP contribution in [-0.2, 0) is 0 Å². The molecule has 4 N–H and O–H groups in total. The molecule has 13 heavy (non-hydrogen) atoms. The molecule has 6 nitrogen and oxygen atoms in total. The van der Waals surface area contributed by atoms with Crippen LogP contribution in [-0.4, -0.2) is 33.7 Å². The quantitative estimate of drug-likeness (QED) is 0.403. The first-order chi connectivity index (χ1) is 6.13. The van der Waals surface area contributed by atoms with Gasteiger partial charge in [-0.2, -0.15) is 0 Å². The number of aromatic nitrogens is 2. The molecule has 0 radical (unpaired) electrons. The predicted molar refractivity (Wildman–Crippen MR) is 48.5 cm³/mol. The molecule has 1 aromatic heterocycles. The summed E-state index contributed by atoms with van der Waals surface area (Å²) in [6, 6.07) is 0. The highest BCUT2D eigenvalue weighted by molar-refractivity contribution is 6.05. The number of hydrogen-bond donors (Lipinski definition) is 3. The molecule has 6 heteroatoms. The van der Waals surface area contributed by atoms with Gasteiger partial charge in [-0.05, 0) is 0 Å². The molecule has 0 bridgehead atoms. The summed E-state index contributed by atoms with van der Waals surface area (Å²) < 4.78 is 0. The van der Waals surface area contributed by atoms with Gasteiger partial charge in [0.15, 0.2) is 5.96 Å². The van der Waals surface area contributed by atoms with E-state index in [1.165, 1.54) is 30.7 Å². The van der Waals surface area contributed by atoms with Gasteiger partial charge in [0.25, 0.3) is 0 Å². The number of rotatable bonds is 1. The number of guanidine groups is 1. The van der Waals surface area contributed by atoms with Crippen LogP contribution in [0.3, 0.4) is 0 Å². The standard InChI is InChI=1S/C7H10N6/c1-13(7(9)10)6(8)5-2-11-4-12-3-5/h2-4,8H,1H3,(H3,9,10). The number of nitrogens with one attached hydrogen (secondary N) is 2. The molecular formula is C7H10N6. The summed E-state index contributed by atoms with van der Waals surface area (Å²) in [6.45, 7) is 0. The second-order valence-corrected chi connectivity index (χ2v) is 2.42. The highest BCUT2D eigenvalue weighted by atomic mass is 15.2. The Morgan fingerprint density at radius 2 is 1.92 bits per heavy atom. The van der Waals surface area contributed by atoms with Crippen molar-refractivity contribution in [1.29, 1.82) is 10.8 Å². The van der Waals surface area contributed by atoms with Crippen molar-refractivity contribution in [3.63, 3.8) is 0 Å². The Balaban J connectivity index is 2.86. The maximum atomic E-state index is 7.59. The van der Waals surface area contributed by atoms with E-state index >= 15 is 0 Å². The summed E-state index contributed by atoms with van der Waals surface area (Å²) in [7, 11) is 1.54. The highest BCUT2D eigenvalue weighted by Crippen LogP contribution is 1.97. The maximum absolute atomic E-state index is 7.59. The van der Waals surface area contributed by atoms with Gasteiger partial charge in [-0.3, -0.25) is 10.8 Å². The van der Waals surface area contributed by atoms with Crippen LogP contribution in [0.5, 0.6) is 0 Å². The van der Waals surface area contributed by atoms with Gasteiger partial charge in [0.2, 0.25) is 0 Å². The average Bonchev–Trinajstić information content (AvgIpc) is 2.17. The zero-order valence-electron chi connectivity index (χ0n) is 7.15. The minimum absolute atomic E-state index is 0.105. The Kier molecular flexibility index (Phi) is 2.53. The van der Waals surface area contributed by atoms with Crippen LogP contribution in [0.4, 0.5) is 0 Å². The molecule has 0 spiro atoms. The minimum atomic E-state index is -0.186. The molecule has 0 aliphatic carbocycles. The Labute approximate surface area is 75.4 Å². The number of amidine groups is 1. The molecule has 1 heterocycles. The third-order valence-corrected chi connectivity index (χ3v) is 1.53. The van der Waals surface area contributed by atoms with Gasteiger partial charge in [-0.15, -0.1) is 0 Å². The van der Waals surface area contributed by atoms with E-state index < -0.39 is 0 Å². The van der Waals surface area contributed by atoms with Gasteiger partial charge < -0.3 is 10.6 Å². The van der Waals surface area contributed by atoms with Crippen molar-refractivity contribution >= 4 is 11.8 Å². The van der Waals surface area contributed by atoms with Crippen molar-refractivity contribution in [1.82, 2.24) is 14.9 Å². The van der Waals surface area contributed by atoms with E-state index in [2.05, 4.69) is 9.97 Å². The fourth-order valence-electron chi connectivity index (χ4n) is 0.735. The molecule has 0 amide bonds. The van der Waals surface area contributed by atoms with Crippen molar-refractivity contribution in [2.24, 2.45) is 5.73 Å². The summed E-state index contributed by atoms with van der Waals surface area (Å²) in [6.07, 6.45) is 4.37. The smallest absolute Gasteiger partial charge is 0.193 e. The zero-order chi connectivity index (χ0) is 9.84. The molecular weight excluding hydrogens is 168 g/mol. The molecule has 0 saturated heterocycles. The second-order valence-electron chi connectivity index (χ2n) is 2.42. The summed E-state index contributed by atoms with van der Waals surface area (Å²) in [4.78, 5) is 8.75. The van der Waals surface area contributed by atoms with E-state index in [0.29, 0.717) is 5.56 Å². The van der Waals surface area contributed by atoms with Crippen LogP contribution in [0.15, 0.2) is 18.7 Å². The average molecular weight is 178 g/mol. The Hall–Kier alpha value is -1.98. The predicted octanol–water partition coefficient (Wildman–Crippen LogP) is -0.373. The monoisotopic (exact) mass is 178 g/mol. The molecule has 68 valence electrons. The van der Waals surface area contributed by atoms with Gasteiger partial charge in [0.05, 0.1) is 5.56 Å². The normalized spacial score (nSPS) is 9.31. The van der Waals surface area contributed by atoms with Gasteiger partial charge in [-0.25, -0.2) is 9.97 Å². The van der Waals surface area contributed by atoms with Crippen LogP contribution < -0.4 is 5.73 Å². The van der Waals surface area contributed by atoms with Crippen molar-refractivity contribution in [3.05, 3.63) is 24.3 Å². The fraction of sp³-hybridized carbons (Fsp3) is 0.143. The minimum Gasteiger partial charge on any atom is -0.370 e. The largest absolute Gasteiger partial charge is 0.370 e. The first-order valence-corrected chi connectivity index (χ1v) is 3.54. The SMILES string of the molecule is CN(C(=N)N)C(=N)c1cncnc1. The Morgan fingerprint density at radius 1 is 1.38 bits per heavy atom. The molecule has 0 atom stereocenters. The van der Waals surface area contributed by atoms with Crippen LogP contribution >= 0.6 is 0 Å². The van der Waals surface area contributed by atoms with E-state index in [0.717, 1.165) is 0 Å². The Bertz CT molecular complexity index is 319. The molecule has 1 aromatic rings. The lowest BCUT2D eigenvalue weighted by Gasteiger charge is -2.16. The lowest BCUT2D eigenvalue weighted by molar-refractivity contribution is 0.727. The lowest BCUT2D eigenvalue weighted by Crippen LogP contribution is -2.38. The third kappa shape index (κ3) is 1.98. The van der Waals surface area contributed by atoms with Gasteiger partial charge >= 0.3 is 0 Å². The molecule has 0 aromatic carbocycles. The molecule has 0 fully saturated rings. The second kappa shape index (κ2) is 3.61. The molecule has 0 aliphatic heterocycles. The molecule has 1 rings (SSSR count). The van der Waals surface area contributed by atoms with E-state index in [4.69, 9.17) is 16.6 Å². The summed E-state index contributed by atoms with van der Waals surface area (Å²) >= 11 is 0. The van der Waals surface area contributed by atoms with Crippen molar-refractivity contribution in [2.45, 2.75) is 0 Å². The van der Waals surface area contributed by atoms with Crippen molar-refractivity contribution < 1.29 is 0 Å². The van der Waals surface area contributed by atoms with Crippen LogP contribution in [0.2, 0.25) is 0 Å². The van der Waals surface area contributed by atoms with E-state index in [9.17, 15) is 0 Å². The van der Waals surface area contributed by atoms with E-state index in [1.807, 2.05) is 0 Å². The highest BCUT2D eigenvalue weighted by Gasteiger charge is 2.09. The van der Waals surface area contributed by atoms with Crippen LogP contribution in [0.25, 0.3) is 0 Å². The topological polar surface area (TPSA) is 103 Å². The summed E-state index contributed by atoms with van der Waals surface area (Å²) in [5, 5.41) is 14.7. The molecule has 0 aliphatic rings. The summed E-state index contributed by atoms with van der Waals surface area (Å²) in [5.41, 5.74) is 5.73. The van der Waals surface area contributed by atoms with E-state index in [-0.39, 0.29) is 11.8 Å². The third-order valence-electron chi connectivity index (χ3n) is 1.53. The molecule has 0 unspecified atom stereocenters. The van der Waals surface area contributed by atoms with Gasteiger partial charge in [0, 0.05) is 19.4 Å². The first-order valence-electron chi connectivity index (χ1n) is 3.54. The van der Waals surface area contributed by atoms with E-state index in [1.54, 1.807) is 0 Å². The van der Waals surface area contributed by atoms with Gasteiger partial charge in [-0.1, -0.05) is 0 Å². The number of nitrogens with zero attached hydrogens (tertiary/aromatic N) is 3. The lowest BCUT2D eigenvalue weighted by atomic mass is 10.3. The summed E-state index contributed by atoms with van der Waals surface area (Å²) in [5.74, 6) is -0.0815.